The van der Waals surface area contributed by atoms with Crippen molar-refractivity contribution < 1.29 is 0 Å². The summed E-state index contributed by atoms with van der Waals surface area (Å²) in [6.07, 6.45) is 0. The average molecular weight is 332 g/mol. The van der Waals surface area contributed by atoms with Gasteiger partial charge in [0.2, 0.25) is 5.95 Å². The van der Waals surface area contributed by atoms with Gasteiger partial charge < -0.3 is 5.73 Å². The minimum atomic E-state index is 0.403. The Bertz CT molecular complexity index is 487. The first-order chi connectivity index (χ1) is 7.08. The molecule has 1 heterocycles. The van der Waals surface area contributed by atoms with Gasteiger partial charge >= 0.3 is 0 Å². The Kier molecular flexibility index (Phi) is 2.79. The van der Waals surface area contributed by atoms with Gasteiger partial charge in [-0.15, -0.1) is 5.10 Å². The van der Waals surface area contributed by atoms with Crippen LogP contribution in [0.4, 0.5) is 5.95 Å². The fourth-order valence-electron chi connectivity index (χ4n) is 1.18. The predicted octanol–water partition coefficient (Wildman–Crippen LogP) is 2.59. The molecule has 0 unspecified atom stereocenters. The number of nitrogen functional groups attached to an aromatic ring is 1. The van der Waals surface area contributed by atoms with Gasteiger partial charge in [0.15, 0.2) is 5.82 Å². The van der Waals surface area contributed by atoms with Crippen molar-refractivity contribution in [1.82, 2.24) is 14.8 Å². The van der Waals surface area contributed by atoms with Crippen LogP contribution in [0.3, 0.4) is 0 Å². The molecule has 2 rings (SSSR count). The molecule has 2 N–H and O–H groups in total. The Hall–Kier alpha value is -0.880. The molecule has 15 heavy (non-hydrogen) atoms. The highest BCUT2D eigenvalue weighted by Gasteiger charge is 2.10. The Morgan fingerprint density at radius 3 is 2.60 bits per heavy atom. The van der Waals surface area contributed by atoms with Gasteiger partial charge in [0.25, 0.3) is 0 Å². The van der Waals surface area contributed by atoms with Gasteiger partial charge in [-0.3, -0.25) is 0 Å². The molecule has 0 atom stereocenters. The average Bonchev–Trinajstić information content (AvgIpc) is 2.46. The molecule has 2 aromatic rings. The summed E-state index contributed by atoms with van der Waals surface area (Å²) in [4.78, 5) is 4.16. The second-order valence-corrected chi connectivity index (χ2v) is 4.81. The van der Waals surface area contributed by atoms with Crippen molar-refractivity contribution in [2.75, 3.05) is 5.73 Å². The highest BCUT2D eigenvalue weighted by Crippen LogP contribution is 2.28. The summed E-state index contributed by atoms with van der Waals surface area (Å²) in [6.45, 7) is 0. The molecule has 0 amide bonds. The van der Waals surface area contributed by atoms with Crippen LogP contribution >= 0.6 is 31.9 Å². The summed E-state index contributed by atoms with van der Waals surface area (Å²) < 4.78 is 3.48. The highest BCUT2D eigenvalue weighted by molar-refractivity contribution is 9.11. The van der Waals surface area contributed by atoms with E-state index in [1.165, 1.54) is 0 Å². The number of halogens is 2. The van der Waals surface area contributed by atoms with Crippen molar-refractivity contribution in [2.45, 2.75) is 0 Å². The van der Waals surface area contributed by atoms with E-state index in [1.807, 2.05) is 18.2 Å². The zero-order chi connectivity index (χ0) is 11.0. The van der Waals surface area contributed by atoms with Gasteiger partial charge in [0.1, 0.15) is 0 Å². The number of aromatic nitrogens is 3. The standard InChI is InChI=1S/C9H8Br2N4/c1-15-9(12)13-8(14-15)6-3-2-5(10)4-7(6)11/h2-4H,1H3,(H2,12,13,14). The Morgan fingerprint density at radius 1 is 1.33 bits per heavy atom. The normalized spacial score (nSPS) is 10.6. The van der Waals surface area contributed by atoms with Gasteiger partial charge in [0.05, 0.1) is 0 Å². The summed E-state index contributed by atoms with van der Waals surface area (Å²) in [5.41, 5.74) is 6.54. The molecule has 0 spiro atoms. The Labute approximate surface area is 104 Å². The van der Waals surface area contributed by atoms with E-state index in [9.17, 15) is 0 Å². The fourth-order valence-corrected chi connectivity index (χ4v) is 2.41. The SMILES string of the molecule is Cn1nc(-c2ccc(Br)cc2Br)nc1N. The van der Waals surface area contributed by atoms with Crippen LogP contribution in [-0.2, 0) is 7.05 Å². The van der Waals surface area contributed by atoms with Crippen molar-refractivity contribution in [3.63, 3.8) is 0 Å². The topological polar surface area (TPSA) is 56.7 Å². The molecule has 1 aromatic carbocycles. The van der Waals surface area contributed by atoms with E-state index >= 15 is 0 Å². The molecule has 0 aliphatic rings. The molecule has 0 saturated heterocycles. The molecule has 0 aliphatic carbocycles. The quantitative estimate of drug-likeness (QED) is 0.873. The van der Waals surface area contributed by atoms with Crippen molar-refractivity contribution in [1.29, 1.82) is 0 Å². The number of benzene rings is 1. The van der Waals surface area contributed by atoms with Crippen molar-refractivity contribution in [3.8, 4) is 11.4 Å². The zero-order valence-electron chi connectivity index (χ0n) is 7.91. The molecule has 6 heteroatoms. The third-order valence-electron chi connectivity index (χ3n) is 1.97. The van der Waals surface area contributed by atoms with Gasteiger partial charge in [-0.25, -0.2) is 4.68 Å². The number of hydrogen-bond acceptors (Lipinski definition) is 3. The molecule has 4 nitrogen and oxygen atoms in total. The summed E-state index contributed by atoms with van der Waals surface area (Å²) >= 11 is 6.85. The first-order valence-electron chi connectivity index (χ1n) is 4.20. The molecule has 0 saturated carbocycles. The smallest absolute Gasteiger partial charge is 0.218 e. The molecule has 1 aromatic heterocycles. The second kappa shape index (κ2) is 3.94. The number of hydrogen-bond donors (Lipinski definition) is 1. The molecule has 0 bridgehead atoms. The lowest BCUT2D eigenvalue weighted by Crippen LogP contribution is -1.97. The first-order valence-corrected chi connectivity index (χ1v) is 5.78. The van der Waals surface area contributed by atoms with Crippen LogP contribution in [0.1, 0.15) is 0 Å². The minimum absolute atomic E-state index is 0.403. The maximum absolute atomic E-state index is 5.62. The van der Waals surface area contributed by atoms with E-state index in [2.05, 4.69) is 41.9 Å². The molecule has 0 aliphatic heterocycles. The first kappa shape index (κ1) is 10.6. The van der Waals surface area contributed by atoms with Crippen LogP contribution in [0.2, 0.25) is 0 Å². The molecule has 0 fully saturated rings. The van der Waals surface area contributed by atoms with E-state index in [4.69, 9.17) is 5.73 Å². The van der Waals surface area contributed by atoms with Gasteiger partial charge in [0, 0.05) is 21.6 Å². The molecular formula is C9H8Br2N4. The summed E-state index contributed by atoms with van der Waals surface area (Å²) in [7, 11) is 1.76. The lowest BCUT2D eigenvalue weighted by molar-refractivity contribution is 0.781. The second-order valence-electron chi connectivity index (χ2n) is 3.04. The van der Waals surface area contributed by atoms with E-state index < -0.39 is 0 Å². The third kappa shape index (κ3) is 2.05. The van der Waals surface area contributed by atoms with Crippen LogP contribution in [0.5, 0.6) is 0 Å². The minimum Gasteiger partial charge on any atom is -0.368 e. The largest absolute Gasteiger partial charge is 0.368 e. The number of rotatable bonds is 1. The Morgan fingerprint density at radius 2 is 2.07 bits per heavy atom. The Balaban J connectivity index is 2.54. The number of nitrogens with two attached hydrogens (primary N) is 1. The van der Waals surface area contributed by atoms with Gasteiger partial charge in [-0.2, -0.15) is 4.98 Å². The lowest BCUT2D eigenvalue weighted by atomic mass is 10.2. The van der Waals surface area contributed by atoms with Gasteiger partial charge in [-0.05, 0) is 34.1 Å². The van der Waals surface area contributed by atoms with E-state index in [0.717, 1.165) is 14.5 Å². The van der Waals surface area contributed by atoms with E-state index in [0.29, 0.717) is 11.8 Å². The maximum atomic E-state index is 5.62. The van der Waals surface area contributed by atoms with Crippen molar-refractivity contribution in [2.24, 2.45) is 7.05 Å². The molecule has 0 radical (unpaired) electrons. The number of nitrogens with zero attached hydrogens (tertiary/aromatic N) is 3. The van der Waals surface area contributed by atoms with Gasteiger partial charge in [-0.1, -0.05) is 15.9 Å². The summed E-state index contributed by atoms with van der Waals surface area (Å²) in [6, 6.07) is 5.82. The highest BCUT2D eigenvalue weighted by atomic mass is 79.9. The predicted molar refractivity (Wildman–Crippen MR) is 66.3 cm³/mol. The van der Waals surface area contributed by atoms with Crippen LogP contribution in [0.25, 0.3) is 11.4 Å². The summed E-state index contributed by atoms with van der Waals surface area (Å²) in [5.74, 6) is 1.02. The number of aryl methyl sites for hydroxylation is 1. The monoisotopic (exact) mass is 330 g/mol. The summed E-state index contributed by atoms with van der Waals surface area (Å²) in [5, 5.41) is 4.21. The van der Waals surface area contributed by atoms with Crippen molar-refractivity contribution in [3.05, 3.63) is 27.1 Å². The zero-order valence-corrected chi connectivity index (χ0v) is 11.1. The van der Waals surface area contributed by atoms with Crippen LogP contribution in [-0.4, -0.2) is 14.8 Å². The lowest BCUT2D eigenvalue weighted by Gasteiger charge is -1.99. The van der Waals surface area contributed by atoms with E-state index in [-0.39, 0.29) is 0 Å². The fraction of sp³-hybridized carbons (Fsp3) is 0.111. The molecule has 78 valence electrons. The maximum Gasteiger partial charge on any atom is 0.218 e. The molecular weight excluding hydrogens is 324 g/mol. The van der Waals surface area contributed by atoms with E-state index in [1.54, 1.807) is 11.7 Å². The van der Waals surface area contributed by atoms with Crippen LogP contribution < -0.4 is 5.73 Å². The third-order valence-corrected chi connectivity index (χ3v) is 3.12. The van der Waals surface area contributed by atoms with Crippen LogP contribution in [0, 0.1) is 0 Å². The van der Waals surface area contributed by atoms with Crippen LogP contribution in [0.15, 0.2) is 27.1 Å². The van der Waals surface area contributed by atoms with Crippen molar-refractivity contribution >= 4 is 37.8 Å². The number of anilines is 1.